The molecule has 0 fully saturated rings. The van der Waals surface area contributed by atoms with Crippen LogP contribution in [0.4, 0.5) is 5.69 Å². The number of nitrogens with zero attached hydrogens (tertiary/aromatic N) is 1. The molecule has 21 heavy (non-hydrogen) atoms. The molecule has 0 radical (unpaired) electrons. The smallest absolute Gasteiger partial charge is 0.258 e. The molecule has 1 aliphatic heterocycles. The number of rotatable bonds is 2. The van der Waals surface area contributed by atoms with Gasteiger partial charge in [-0.1, -0.05) is 48.5 Å². The lowest BCUT2D eigenvalue weighted by atomic mass is 9.96. The van der Waals surface area contributed by atoms with Crippen LogP contribution in [0, 0.1) is 0 Å². The van der Waals surface area contributed by atoms with Crippen molar-refractivity contribution in [1.82, 2.24) is 0 Å². The third-order valence-corrected chi connectivity index (χ3v) is 4.19. The monoisotopic (exact) mass is 273 g/mol. The van der Waals surface area contributed by atoms with Crippen LogP contribution in [0.3, 0.4) is 0 Å². The van der Waals surface area contributed by atoms with E-state index in [1.165, 1.54) is 11.1 Å². The quantitative estimate of drug-likeness (QED) is 0.673. The number of amides is 1. The van der Waals surface area contributed by atoms with Crippen LogP contribution in [0.15, 0.2) is 60.7 Å². The number of anilines is 1. The Bertz CT molecular complexity index is 852. The van der Waals surface area contributed by atoms with E-state index in [1.54, 1.807) is 0 Å². The number of benzene rings is 3. The third kappa shape index (κ3) is 1.62. The van der Waals surface area contributed by atoms with Gasteiger partial charge in [-0.05, 0) is 35.6 Å². The fraction of sp³-hybridized carbons (Fsp3) is 0.105. The molecule has 2 nitrogen and oxygen atoms in total. The minimum Gasteiger partial charge on any atom is -0.308 e. The van der Waals surface area contributed by atoms with Gasteiger partial charge >= 0.3 is 0 Å². The van der Waals surface area contributed by atoms with Gasteiger partial charge in [0.15, 0.2) is 0 Å². The molecule has 1 aliphatic rings. The van der Waals surface area contributed by atoms with E-state index < -0.39 is 0 Å². The van der Waals surface area contributed by atoms with Crippen LogP contribution < -0.4 is 4.90 Å². The fourth-order valence-electron chi connectivity index (χ4n) is 3.23. The van der Waals surface area contributed by atoms with Crippen molar-refractivity contribution in [3.8, 4) is 11.1 Å². The molecule has 1 amide bonds. The molecule has 3 aromatic carbocycles. The number of hydrogen-bond donors (Lipinski definition) is 0. The average Bonchev–Trinajstić information content (AvgIpc) is 2.82. The molecule has 1 heterocycles. The Morgan fingerprint density at radius 2 is 1.67 bits per heavy atom. The summed E-state index contributed by atoms with van der Waals surface area (Å²) in [5.74, 6) is 0.114. The molecule has 0 N–H and O–H groups in total. The fourth-order valence-corrected chi connectivity index (χ4v) is 3.23. The van der Waals surface area contributed by atoms with Gasteiger partial charge in [0.05, 0.1) is 5.69 Å². The summed E-state index contributed by atoms with van der Waals surface area (Å²) in [6.45, 7) is 2.72. The molecule has 0 bridgehead atoms. The second kappa shape index (κ2) is 4.45. The van der Waals surface area contributed by atoms with E-state index in [0.717, 1.165) is 22.0 Å². The minimum absolute atomic E-state index is 0.114. The first-order valence-electron chi connectivity index (χ1n) is 7.24. The Labute approximate surface area is 123 Å². The summed E-state index contributed by atoms with van der Waals surface area (Å²) in [7, 11) is 0. The molecule has 0 unspecified atom stereocenters. The minimum atomic E-state index is 0.114. The Kier molecular flexibility index (Phi) is 2.58. The summed E-state index contributed by atoms with van der Waals surface area (Å²) in [6.07, 6.45) is 0. The maximum atomic E-state index is 12.5. The second-order valence-electron chi connectivity index (χ2n) is 5.28. The van der Waals surface area contributed by atoms with Crippen molar-refractivity contribution < 1.29 is 4.79 Å². The van der Waals surface area contributed by atoms with Gasteiger partial charge in [0.1, 0.15) is 0 Å². The van der Waals surface area contributed by atoms with Gasteiger partial charge in [0, 0.05) is 17.5 Å². The molecule has 0 aliphatic carbocycles. The van der Waals surface area contributed by atoms with Crippen molar-refractivity contribution in [2.24, 2.45) is 0 Å². The summed E-state index contributed by atoms with van der Waals surface area (Å²) in [6, 6.07) is 20.5. The van der Waals surface area contributed by atoms with E-state index in [2.05, 4.69) is 30.3 Å². The Morgan fingerprint density at radius 3 is 2.43 bits per heavy atom. The highest BCUT2D eigenvalue weighted by molar-refractivity contribution is 6.26. The van der Waals surface area contributed by atoms with E-state index in [0.29, 0.717) is 6.54 Å². The van der Waals surface area contributed by atoms with Crippen LogP contribution in [0.2, 0.25) is 0 Å². The molecule has 0 aromatic heterocycles. The maximum absolute atomic E-state index is 12.5. The molecule has 0 saturated carbocycles. The zero-order valence-corrected chi connectivity index (χ0v) is 11.8. The van der Waals surface area contributed by atoms with Crippen molar-refractivity contribution >= 4 is 22.4 Å². The highest BCUT2D eigenvalue weighted by Crippen LogP contribution is 2.41. The highest BCUT2D eigenvalue weighted by atomic mass is 16.2. The van der Waals surface area contributed by atoms with Gasteiger partial charge in [0.2, 0.25) is 0 Å². The molecule has 0 saturated heterocycles. The van der Waals surface area contributed by atoms with Gasteiger partial charge in [-0.15, -0.1) is 0 Å². The normalized spacial score (nSPS) is 13.2. The van der Waals surface area contributed by atoms with Gasteiger partial charge in [0.25, 0.3) is 5.91 Å². The van der Waals surface area contributed by atoms with E-state index >= 15 is 0 Å². The van der Waals surface area contributed by atoms with Crippen molar-refractivity contribution in [3.63, 3.8) is 0 Å². The van der Waals surface area contributed by atoms with Crippen molar-refractivity contribution in [1.29, 1.82) is 0 Å². The van der Waals surface area contributed by atoms with Crippen molar-refractivity contribution in [2.75, 3.05) is 11.4 Å². The van der Waals surface area contributed by atoms with E-state index in [4.69, 9.17) is 0 Å². The Balaban J connectivity index is 2.07. The van der Waals surface area contributed by atoms with Crippen LogP contribution in [-0.4, -0.2) is 12.5 Å². The van der Waals surface area contributed by atoms with Crippen LogP contribution >= 0.6 is 0 Å². The van der Waals surface area contributed by atoms with E-state index in [9.17, 15) is 4.79 Å². The third-order valence-electron chi connectivity index (χ3n) is 4.19. The van der Waals surface area contributed by atoms with E-state index in [1.807, 2.05) is 42.2 Å². The molecule has 0 spiro atoms. The molecule has 0 atom stereocenters. The first-order valence-corrected chi connectivity index (χ1v) is 7.24. The molecule has 3 aromatic rings. The molecule has 2 heteroatoms. The predicted octanol–water partition coefficient (Wildman–Crippen LogP) is 4.49. The number of carbonyl (C=O) groups excluding carboxylic acids is 1. The van der Waals surface area contributed by atoms with Crippen LogP contribution in [0.5, 0.6) is 0 Å². The molecule has 102 valence electrons. The summed E-state index contributed by atoms with van der Waals surface area (Å²) in [5, 5.41) is 2.24. The lowest BCUT2D eigenvalue weighted by molar-refractivity contribution is 0.0994. The zero-order chi connectivity index (χ0) is 14.4. The largest absolute Gasteiger partial charge is 0.308 e. The van der Waals surface area contributed by atoms with Crippen LogP contribution in [0.25, 0.3) is 21.9 Å². The summed E-state index contributed by atoms with van der Waals surface area (Å²) < 4.78 is 0. The SMILES string of the molecule is CCN1C(=O)c2cccc3c(-c4ccccc4)ccc1c23. The van der Waals surface area contributed by atoms with Crippen molar-refractivity contribution in [3.05, 3.63) is 66.2 Å². The summed E-state index contributed by atoms with van der Waals surface area (Å²) in [5.41, 5.74) is 4.22. The second-order valence-corrected chi connectivity index (χ2v) is 5.28. The lowest BCUT2D eigenvalue weighted by Crippen LogP contribution is -2.25. The standard InChI is InChI=1S/C19H15NO/c1-2-20-17-12-11-14(13-7-4-3-5-8-13)15-9-6-10-16(18(15)17)19(20)21/h3-12H,2H2,1H3. The van der Waals surface area contributed by atoms with Crippen LogP contribution in [-0.2, 0) is 0 Å². The van der Waals surface area contributed by atoms with Gasteiger partial charge < -0.3 is 4.90 Å². The van der Waals surface area contributed by atoms with Gasteiger partial charge in [-0.25, -0.2) is 0 Å². The van der Waals surface area contributed by atoms with Gasteiger partial charge in [-0.3, -0.25) is 4.79 Å². The van der Waals surface area contributed by atoms with Crippen molar-refractivity contribution in [2.45, 2.75) is 6.92 Å². The molecular formula is C19H15NO. The predicted molar refractivity (Wildman–Crippen MR) is 86.7 cm³/mol. The highest BCUT2D eigenvalue weighted by Gasteiger charge is 2.29. The van der Waals surface area contributed by atoms with E-state index in [-0.39, 0.29) is 5.91 Å². The number of carbonyl (C=O) groups is 1. The van der Waals surface area contributed by atoms with Crippen LogP contribution in [0.1, 0.15) is 17.3 Å². The first-order chi connectivity index (χ1) is 10.3. The maximum Gasteiger partial charge on any atom is 0.258 e. The lowest BCUT2D eigenvalue weighted by Gasteiger charge is -2.15. The molecule has 4 rings (SSSR count). The number of hydrogen-bond acceptors (Lipinski definition) is 1. The summed E-state index contributed by atoms with van der Waals surface area (Å²) in [4.78, 5) is 14.3. The average molecular weight is 273 g/mol. The molecular weight excluding hydrogens is 258 g/mol. The zero-order valence-electron chi connectivity index (χ0n) is 11.8. The first kappa shape index (κ1) is 12.2. The summed E-state index contributed by atoms with van der Waals surface area (Å²) >= 11 is 0. The Morgan fingerprint density at radius 1 is 0.857 bits per heavy atom. The Hall–Kier alpha value is -2.61. The van der Waals surface area contributed by atoms with Gasteiger partial charge in [-0.2, -0.15) is 0 Å². The topological polar surface area (TPSA) is 20.3 Å².